The third-order valence-corrected chi connectivity index (χ3v) is 19.6. The van der Waals surface area contributed by atoms with Crippen LogP contribution in [0, 0.1) is 23.7 Å². The third kappa shape index (κ3) is 22.3. The maximum absolute atomic E-state index is 12.7. The first-order valence-corrected chi connectivity index (χ1v) is 36.8. The molecular weight excluding hydrogens is 1350 g/mol. The highest BCUT2D eigenvalue weighted by Gasteiger charge is 2.34. The number of carbonyl (C=O) groups excluding carboxylic acids is 5. The van der Waals surface area contributed by atoms with Crippen LogP contribution < -0.4 is 16.0 Å². The molecule has 0 saturated heterocycles. The number of H-pyrrole nitrogens is 6. The van der Waals surface area contributed by atoms with Gasteiger partial charge in [0.1, 0.15) is 63.2 Å². The van der Waals surface area contributed by atoms with Gasteiger partial charge in [0.2, 0.25) is 0 Å². The summed E-state index contributed by atoms with van der Waals surface area (Å²) in [7, 11) is 0. The Morgan fingerprint density at radius 1 is 0.529 bits per heavy atom. The SMILES string of the molecule is C.C.CC(C)(C)OC(=O)N1CCc2[nH]nc(C(=O)CCCC3CC3)c2C1.CC(C)(C)OC(=O)N1CCc2[nH]nc(C(=O)O)c2C1.Clc1ncnc2[nH]ccc12.NCCC1CC1.O=C(CCCC1CC1)c1n[nH]c2c1CN(c1ncnc3[nH]ccc13)CC2.O=C(CCCC1CC1)c1n[nH]c2c1CNCC2. The minimum atomic E-state index is -1.09. The van der Waals surface area contributed by atoms with Gasteiger partial charge in [-0.25, -0.2) is 34.3 Å². The summed E-state index contributed by atoms with van der Waals surface area (Å²) in [6, 6.07) is 3.84. The number of carboxylic acid groups (broad SMARTS) is 1. The highest BCUT2D eigenvalue weighted by atomic mass is 35.5. The van der Waals surface area contributed by atoms with Gasteiger partial charge >= 0.3 is 18.2 Å². The minimum Gasteiger partial charge on any atom is -0.476 e. The Hall–Kier alpha value is -8.89. The highest BCUT2D eigenvalue weighted by molar-refractivity contribution is 6.33. The molecule has 564 valence electrons. The predicted octanol–water partition coefficient (Wildman–Crippen LogP) is 13.3. The molecule has 0 radical (unpaired) electrons. The normalized spacial score (nSPS) is 16.4. The Balaban J connectivity index is 0.000000150. The number of nitrogens with two attached hydrogens (primary N) is 1. The number of carboxylic acids is 1. The fourth-order valence-electron chi connectivity index (χ4n) is 12.9. The van der Waals surface area contributed by atoms with Crippen molar-refractivity contribution < 1.29 is 43.3 Å². The van der Waals surface area contributed by atoms with Crippen LogP contribution in [0.4, 0.5) is 15.4 Å². The number of ether oxygens (including phenoxy) is 2. The maximum Gasteiger partial charge on any atom is 0.410 e. The van der Waals surface area contributed by atoms with Gasteiger partial charge in [0.05, 0.1) is 23.9 Å². The highest BCUT2D eigenvalue weighted by Crippen LogP contribution is 2.37. The first-order chi connectivity index (χ1) is 49.1. The van der Waals surface area contributed by atoms with Crippen LogP contribution in [0.15, 0.2) is 37.2 Å². The van der Waals surface area contributed by atoms with Crippen molar-refractivity contribution in [1.29, 1.82) is 0 Å². The number of fused-ring (bicyclic) bond motifs is 6. The zero-order valence-electron chi connectivity index (χ0n) is 59.8. The van der Waals surface area contributed by atoms with Gasteiger partial charge in [0.25, 0.3) is 0 Å². The first kappa shape index (κ1) is 79.2. The number of halogens is 1. The van der Waals surface area contributed by atoms with Crippen molar-refractivity contribution in [2.75, 3.05) is 37.6 Å². The van der Waals surface area contributed by atoms with Gasteiger partial charge < -0.3 is 50.3 Å². The number of Topliss-reactive ketones (excluding diaryl/α,β-unsaturated/α-hetero) is 3. The average Bonchev–Trinajstić information content (AvgIpc) is 1.87. The lowest BCUT2D eigenvalue weighted by atomic mass is 10.0. The smallest absolute Gasteiger partial charge is 0.410 e. The summed E-state index contributed by atoms with van der Waals surface area (Å²) < 4.78 is 10.7. The fourth-order valence-corrected chi connectivity index (χ4v) is 13.1. The number of aromatic nitrogens is 14. The van der Waals surface area contributed by atoms with Crippen molar-refractivity contribution >= 4 is 75.0 Å². The molecule has 0 unspecified atom stereocenters. The number of hydrogen-bond donors (Lipinski definition) is 9. The largest absolute Gasteiger partial charge is 0.476 e. The molecule has 0 bridgehead atoms. The molecule has 4 fully saturated rings. The van der Waals surface area contributed by atoms with Crippen molar-refractivity contribution in [2.45, 2.75) is 235 Å². The molecule has 8 aromatic rings. The van der Waals surface area contributed by atoms with Gasteiger partial charge in [-0.05, 0) is 110 Å². The van der Waals surface area contributed by atoms with E-state index in [-0.39, 0.29) is 50.5 Å². The molecule has 4 saturated carbocycles. The van der Waals surface area contributed by atoms with Gasteiger partial charge in [0, 0.05) is 142 Å². The van der Waals surface area contributed by atoms with Crippen LogP contribution in [-0.4, -0.2) is 165 Å². The second-order valence-corrected chi connectivity index (χ2v) is 30.3. The van der Waals surface area contributed by atoms with Gasteiger partial charge in [-0.1, -0.05) is 97.1 Å². The van der Waals surface area contributed by atoms with E-state index in [2.05, 4.69) is 80.9 Å². The van der Waals surface area contributed by atoms with Crippen LogP contribution in [0.2, 0.25) is 5.15 Å². The zero-order valence-corrected chi connectivity index (χ0v) is 60.5. The van der Waals surface area contributed by atoms with E-state index in [4.69, 9.17) is 31.9 Å². The molecule has 10 N–H and O–H groups in total. The molecule has 28 nitrogen and oxygen atoms in total. The number of aromatic carboxylic acids is 1. The lowest BCUT2D eigenvalue weighted by Crippen LogP contribution is -2.40. The molecule has 4 aliphatic heterocycles. The Morgan fingerprint density at radius 2 is 0.933 bits per heavy atom. The molecule has 0 spiro atoms. The van der Waals surface area contributed by atoms with Crippen LogP contribution >= 0.6 is 11.6 Å². The van der Waals surface area contributed by atoms with E-state index < -0.39 is 23.3 Å². The molecule has 104 heavy (non-hydrogen) atoms. The summed E-state index contributed by atoms with van der Waals surface area (Å²) in [6.07, 6.45) is 29.4. The zero-order chi connectivity index (χ0) is 72.1. The Bertz CT molecular complexity index is 4170. The van der Waals surface area contributed by atoms with Crippen LogP contribution in [0.3, 0.4) is 0 Å². The summed E-state index contributed by atoms with van der Waals surface area (Å²) in [5.74, 6) is 3.93. The molecule has 4 aliphatic carbocycles. The van der Waals surface area contributed by atoms with Crippen molar-refractivity contribution in [2.24, 2.45) is 29.4 Å². The van der Waals surface area contributed by atoms with Gasteiger partial charge in [-0.2, -0.15) is 20.4 Å². The lowest BCUT2D eigenvalue weighted by Gasteiger charge is -2.30. The molecule has 8 aromatic heterocycles. The number of rotatable bonds is 19. The number of ketones is 3. The van der Waals surface area contributed by atoms with E-state index >= 15 is 0 Å². The number of nitrogens with zero attached hydrogens (tertiary/aromatic N) is 11. The van der Waals surface area contributed by atoms with Crippen molar-refractivity contribution in [3.63, 3.8) is 0 Å². The van der Waals surface area contributed by atoms with Crippen LogP contribution in [0.5, 0.6) is 0 Å². The second-order valence-electron chi connectivity index (χ2n) is 30.0. The number of amides is 2. The molecule has 29 heteroatoms. The second kappa shape index (κ2) is 36.2. The van der Waals surface area contributed by atoms with Gasteiger partial charge in [0.15, 0.2) is 23.0 Å². The first-order valence-electron chi connectivity index (χ1n) is 36.5. The minimum absolute atomic E-state index is 0. The molecule has 2 amide bonds. The number of aromatic amines is 6. The Morgan fingerprint density at radius 3 is 1.38 bits per heavy atom. The van der Waals surface area contributed by atoms with E-state index in [0.717, 1.165) is 156 Å². The van der Waals surface area contributed by atoms with Gasteiger partial charge in [-0.15, -0.1) is 0 Å². The monoisotopic (exact) mass is 1450 g/mol. The molecule has 8 aliphatic rings. The van der Waals surface area contributed by atoms with Crippen LogP contribution in [0.25, 0.3) is 22.1 Å². The molecule has 16 rings (SSSR count). The van der Waals surface area contributed by atoms with E-state index in [0.29, 0.717) is 86.1 Å². The maximum atomic E-state index is 12.7. The fraction of sp³-hybridized carbons (Fsp3) is 0.600. The van der Waals surface area contributed by atoms with Crippen LogP contribution in [0.1, 0.15) is 259 Å². The van der Waals surface area contributed by atoms with E-state index in [9.17, 15) is 28.8 Å². The summed E-state index contributed by atoms with van der Waals surface area (Å²) >= 11 is 5.73. The van der Waals surface area contributed by atoms with Crippen molar-refractivity contribution in [3.05, 3.63) is 110 Å². The molecular formula is C75H108ClN19O9. The van der Waals surface area contributed by atoms with E-state index in [1.165, 1.54) is 81.9 Å². The number of nitrogens with one attached hydrogen (secondary N) is 7. The summed E-state index contributed by atoms with van der Waals surface area (Å²) in [4.78, 5) is 100. The molecule has 0 atom stereocenters. The van der Waals surface area contributed by atoms with Crippen molar-refractivity contribution in [1.82, 2.24) is 85.8 Å². The summed E-state index contributed by atoms with van der Waals surface area (Å²) in [6.45, 7) is 16.8. The topological polar surface area (TPSA) is 387 Å². The van der Waals surface area contributed by atoms with Crippen molar-refractivity contribution in [3.8, 4) is 0 Å². The molecule has 12 heterocycles. The lowest BCUT2D eigenvalue weighted by molar-refractivity contribution is 0.0212. The standard InChI is InChI=1S/C19H22N6O.C18H27N3O3.C13H19N3O.C12H17N3O4.C6H4ClN3.C5H11N.2CH4/c26-16(3-1-2-12-4-5-12)17-14-10-25(9-7-15(14)23-24-17)19-13-6-8-20-18(13)21-11-22-19;1-18(2,3)24-17(23)21-10-9-14-13(11-21)16(20-19-14)15(22)6-4-5-12-7-8-12;17-12(3-1-2-9-4-5-9)13-10-8-14-7-6-11(10)15-16-13;1-12(2,3)19-11(18)15-5-4-8-7(6-15)9(10(16)17)14-13-8;7-5-4-1-2-8-6(4)10-3-9-5;6-4-3-5-1-2-5;;/h6,8,11-12H,1-5,7,9-10H2,(H,23,24)(H,20,21,22);12H,4-11H2,1-3H3,(H,19,20);9,14H,1-8H2,(H,15,16);4-6H2,1-3H3,(H,13,14)(H,16,17);1-3H,(H,8,9,10);5H,1-4,6H2;2*1H4. The Kier molecular flexibility index (Phi) is 27.6. The quantitative estimate of drug-likeness (QED) is 0.0268. The number of carbonyl (C=O) groups is 6. The molecule has 0 aromatic carbocycles. The summed E-state index contributed by atoms with van der Waals surface area (Å²) in [5.41, 5.74) is 15.1. The van der Waals surface area contributed by atoms with Gasteiger partial charge in [-0.3, -0.25) is 34.8 Å². The summed E-state index contributed by atoms with van der Waals surface area (Å²) in [5, 5.41) is 43.0. The van der Waals surface area contributed by atoms with E-state index in [1.807, 2.05) is 39.1 Å². The third-order valence-electron chi connectivity index (χ3n) is 19.3. The van der Waals surface area contributed by atoms with E-state index in [1.54, 1.807) is 38.2 Å². The number of anilines is 1. The van der Waals surface area contributed by atoms with Crippen LogP contribution in [-0.2, 0) is 61.3 Å². The number of hydrogen-bond acceptors (Lipinski definition) is 19. The Labute approximate surface area is 613 Å². The predicted molar refractivity (Wildman–Crippen MR) is 398 cm³/mol. The average molecular weight is 1460 g/mol.